The van der Waals surface area contributed by atoms with Crippen LogP contribution in [0.25, 0.3) is 11.0 Å². The summed E-state index contributed by atoms with van der Waals surface area (Å²) in [5.41, 5.74) is 0.319. The van der Waals surface area contributed by atoms with Gasteiger partial charge in [-0.3, -0.25) is 14.3 Å². The molecule has 2 aromatic heterocycles. The van der Waals surface area contributed by atoms with Gasteiger partial charge in [-0.15, -0.1) is 0 Å². The first-order valence-corrected chi connectivity index (χ1v) is 6.04. The highest BCUT2D eigenvalue weighted by Crippen LogP contribution is 2.16. The van der Waals surface area contributed by atoms with Gasteiger partial charge in [-0.1, -0.05) is 6.92 Å². The van der Waals surface area contributed by atoms with Crippen LogP contribution < -0.4 is 16.6 Å². The van der Waals surface area contributed by atoms with E-state index in [9.17, 15) is 9.59 Å². The molecule has 2 aromatic rings. The number of anilines is 1. The molecule has 0 atom stereocenters. The monoisotopic (exact) mass is 248 g/mol. The standard InChI is InChI=1S/C12H16N4O2/c1-3-6-13-8-5-7-14-10-9(8)11(17)15-12(18)16(10)4-2/h5,7H,3-4,6H2,1-2H3,(H,13,14)(H,15,17,18). The Hall–Kier alpha value is -2.11. The molecule has 6 nitrogen and oxygen atoms in total. The van der Waals surface area contributed by atoms with Crippen molar-refractivity contribution in [3.63, 3.8) is 0 Å². The predicted octanol–water partition coefficient (Wildman–Crippen LogP) is 0.927. The van der Waals surface area contributed by atoms with E-state index < -0.39 is 11.2 Å². The molecule has 0 saturated carbocycles. The zero-order chi connectivity index (χ0) is 13.1. The van der Waals surface area contributed by atoms with E-state index in [1.54, 1.807) is 12.3 Å². The van der Waals surface area contributed by atoms with E-state index in [4.69, 9.17) is 0 Å². The van der Waals surface area contributed by atoms with Crippen LogP contribution in [0.4, 0.5) is 5.69 Å². The van der Waals surface area contributed by atoms with Crippen LogP contribution in [0.2, 0.25) is 0 Å². The van der Waals surface area contributed by atoms with Gasteiger partial charge in [-0.2, -0.15) is 0 Å². The lowest BCUT2D eigenvalue weighted by molar-refractivity contribution is 0.718. The Bertz CT molecular complexity index is 672. The highest BCUT2D eigenvalue weighted by molar-refractivity contribution is 5.87. The summed E-state index contributed by atoms with van der Waals surface area (Å²) in [4.78, 5) is 30.0. The lowest BCUT2D eigenvalue weighted by Gasteiger charge is -2.10. The fourth-order valence-corrected chi connectivity index (χ4v) is 1.90. The SMILES string of the molecule is CCCNc1ccnc2c1c(=O)[nH]c(=O)n2CC. The van der Waals surface area contributed by atoms with E-state index in [1.165, 1.54) is 4.57 Å². The molecule has 2 N–H and O–H groups in total. The predicted molar refractivity (Wildman–Crippen MR) is 71.1 cm³/mol. The van der Waals surface area contributed by atoms with Crippen molar-refractivity contribution in [3.8, 4) is 0 Å². The van der Waals surface area contributed by atoms with Crippen LogP contribution in [-0.2, 0) is 6.54 Å². The summed E-state index contributed by atoms with van der Waals surface area (Å²) in [6, 6.07) is 1.75. The van der Waals surface area contributed by atoms with Gasteiger partial charge in [-0.05, 0) is 19.4 Å². The van der Waals surface area contributed by atoms with Crippen molar-refractivity contribution in [2.75, 3.05) is 11.9 Å². The van der Waals surface area contributed by atoms with Gasteiger partial charge in [0, 0.05) is 19.3 Å². The topological polar surface area (TPSA) is 79.8 Å². The first kappa shape index (κ1) is 12.3. The molecule has 0 radical (unpaired) electrons. The largest absolute Gasteiger partial charge is 0.384 e. The lowest BCUT2D eigenvalue weighted by atomic mass is 10.2. The van der Waals surface area contributed by atoms with Crippen molar-refractivity contribution < 1.29 is 0 Å². The van der Waals surface area contributed by atoms with E-state index in [-0.39, 0.29) is 0 Å². The van der Waals surface area contributed by atoms with E-state index in [1.807, 2.05) is 13.8 Å². The second-order valence-electron chi connectivity index (χ2n) is 3.99. The molecule has 18 heavy (non-hydrogen) atoms. The van der Waals surface area contributed by atoms with E-state index in [0.29, 0.717) is 23.3 Å². The zero-order valence-corrected chi connectivity index (χ0v) is 10.5. The number of pyridine rings is 1. The van der Waals surface area contributed by atoms with Crippen molar-refractivity contribution in [2.45, 2.75) is 26.8 Å². The Kier molecular flexibility index (Phi) is 3.45. The lowest BCUT2D eigenvalue weighted by Crippen LogP contribution is -2.30. The Morgan fingerprint density at radius 1 is 1.39 bits per heavy atom. The van der Waals surface area contributed by atoms with Gasteiger partial charge >= 0.3 is 5.69 Å². The minimum atomic E-state index is -0.421. The highest BCUT2D eigenvalue weighted by atomic mass is 16.2. The minimum Gasteiger partial charge on any atom is -0.384 e. The summed E-state index contributed by atoms with van der Waals surface area (Å²) in [6.07, 6.45) is 2.56. The molecular weight excluding hydrogens is 232 g/mol. The number of aromatic amines is 1. The summed E-state index contributed by atoms with van der Waals surface area (Å²) in [7, 11) is 0. The third-order valence-electron chi connectivity index (χ3n) is 2.76. The van der Waals surface area contributed by atoms with Crippen molar-refractivity contribution in [3.05, 3.63) is 33.1 Å². The molecule has 96 valence electrons. The van der Waals surface area contributed by atoms with Crippen LogP contribution in [0.15, 0.2) is 21.9 Å². The van der Waals surface area contributed by atoms with Gasteiger partial charge < -0.3 is 5.32 Å². The first-order valence-electron chi connectivity index (χ1n) is 6.04. The Morgan fingerprint density at radius 2 is 2.17 bits per heavy atom. The van der Waals surface area contributed by atoms with Gasteiger partial charge in [0.1, 0.15) is 5.39 Å². The summed E-state index contributed by atoms with van der Waals surface area (Å²) in [6.45, 7) is 5.12. The summed E-state index contributed by atoms with van der Waals surface area (Å²) >= 11 is 0. The molecule has 0 saturated heterocycles. The maximum Gasteiger partial charge on any atom is 0.329 e. The van der Waals surface area contributed by atoms with Crippen LogP contribution >= 0.6 is 0 Å². The second-order valence-corrected chi connectivity index (χ2v) is 3.99. The normalized spacial score (nSPS) is 10.8. The molecule has 2 heterocycles. The Balaban J connectivity index is 2.77. The molecule has 0 aromatic carbocycles. The van der Waals surface area contributed by atoms with Gasteiger partial charge in [0.15, 0.2) is 5.65 Å². The van der Waals surface area contributed by atoms with E-state index >= 15 is 0 Å². The summed E-state index contributed by atoms with van der Waals surface area (Å²) in [5.74, 6) is 0. The minimum absolute atomic E-state index is 0.397. The van der Waals surface area contributed by atoms with Crippen LogP contribution in [0.3, 0.4) is 0 Å². The summed E-state index contributed by atoms with van der Waals surface area (Å²) in [5, 5.41) is 3.61. The fraction of sp³-hybridized carbons (Fsp3) is 0.417. The Morgan fingerprint density at radius 3 is 2.83 bits per heavy atom. The number of fused-ring (bicyclic) bond motifs is 1. The van der Waals surface area contributed by atoms with Crippen LogP contribution in [0.5, 0.6) is 0 Å². The molecule has 0 aliphatic heterocycles. The number of aromatic nitrogens is 3. The third-order valence-corrected chi connectivity index (χ3v) is 2.76. The molecule has 0 spiro atoms. The van der Waals surface area contributed by atoms with Gasteiger partial charge in [0.05, 0.1) is 5.69 Å². The van der Waals surface area contributed by atoms with Crippen molar-refractivity contribution >= 4 is 16.7 Å². The van der Waals surface area contributed by atoms with Crippen molar-refractivity contribution in [1.29, 1.82) is 0 Å². The fourth-order valence-electron chi connectivity index (χ4n) is 1.90. The molecule has 2 rings (SSSR count). The Labute approximate surface area is 104 Å². The van der Waals surface area contributed by atoms with Gasteiger partial charge in [0.2, 0.25) is 0 Å². The molecule has 0 aliphatic rings. The van der Waals surface area contributed by atoms with E-state index in [0.717, 1.165) is 13.0 Å². The number of rotatable bonds is 4. The first-order chi connectivity index (χ1) is 8.69. The van der Waals surface area contributed by atoms with Crippen LogP contribution in [0.1, 0.15) is 20.3 Å². The maximum atomic E-state index is 11.9. The number of hydrogen-bond donors (Lipinski definition) is 2. The number of nitrogens with zero attached hydrogens (tertiary/aromatic N) is 2. The zero-order valence-electron chi connectivity index (χ0n) is 10.5. The molecule has 6 heteroatoms. The summed E-state index contributed by atoms with van der Waals surface area (Å²) < 4.78 is 1.45. The van der Waals surface area contributed by atoms with Gasteiger partial charge in [-0.25, -0.2) is 9.78 Å². The average molecular weight is 248 g/mol. The molecule has 0 unspecified atom stereocenters. The molecule has 0 aliphatic carbocycles. The highest BCUT2D eigenvalue weighted by Gasteiger charge is 2.10. The van der Waals surface area contributed by atoms with Crippen molar-refractivity contribution in [1.82, 2.24) is 14.5 Å². The third kappa shape index (κ3) is 2.01. The number of hydrogen-bond acceptors (Lipinski definition) is 4. The maximum absolute atomic E-state index is 11.9. The molecule has 0 bridgehead atoms. The molecule has 0 fully saturated rings. The van der Waals surface area contributed by atoms with E-state index in [2.05, 4.69) is 15.3 Å². The number of nitrogens with one attached hydrogen (secondary N) is 2. The average Bonchev–Trinajstić information content (AvgIpc) is 2.36. The number of H-pyrrole nitrogens is 1. The van der Waals surface area contributed by atoms with Crippen molar-refractivity contribution in [2.24, 2.45) is 0 Å². The molecule has 0 amide bonds. The number of aryl methyl sites for hydroxylation is 1. The smallest absolute Gasteiger partial charge is 0.329 e. The van der Waals surface area contributed by atoms with Gasteiger partial charge in [0.25, 0.3) is 5.56 Å². The quantitative estimate of drug-likeness (QED) is 0.843. The van der Waals surface area contributed by atoms with Crippen LogP contribution in [0, 0.1) is 0 Å². The van der Waals surface area contributed by atoms with Crippen LogP contribution in [-0.4, -0.2) is 21.1 Å². The molecular formula is C12H16N4O2. The second kappa shape index (κ2) is 5.03.